The Kier molecular flexibility index (Phi) is 9.47. The molecule has 1 aliphatic heterocycles. The Bertz CT molecular complexity index is 769. The van der Waals surface area contributed by atoms with Crippen molar-refractivity contribution in [2.24, 2.45) is 0 Å². The first-order chi connectivity index (χ1) is 14.7. The van der Waals surface area contributed by atoms with E-state index in [1.54, 1.807) is 18.0 Å². The third kappa shape index (κ3) is 7.97. The number of likely N-dealkylation sites (N-methyl/N-ethyl adjacent to an activating group) is 1. The molecule has 1 fully saturated rings. The van der Waals surface area contributed by atoms with Gasteiger partial charge in [-0.25, -0.2) is 0 Å². The molecule has 1 aliphatic rings. The van der Waals surface area contributed by atoms with E-state index in [4.69, 9.17) is 9.47 Å². The van der Waals surface area contributed by atoms with Gasteiger partial charge in [0.05, 0.1) is 11.4 Å². The number of hydrogen-bond acceptors (Lipinski definition) is 6. The molecular weight excluding hydrogens is 398 g/mol. The minimum absolute atomic E-state index is 0.0281. The van der Waals surface area contributed by atoms with Gasteiger partial charge >= 0.3 is 0 Å². The molecule has 2 aromatic rings. The summed E-state index contributed by atoms with van der Waals surface area (Å²) in [5.41, 5.74) is 2.02. The topological polar surface area (TPSA) is 63.7 Å². The van der Waals surface area contributed by atoms with Crippen molar-refractivity contribution in [3.63, 3.8) is 0 Å². The molecular formula is C23H31N3O3S. The number of amides is 1. The number of hydrogen-bond donors (Lipinski definition) is 1. The van der Waals surface area contributed by atoms with Crippen LogP contribution >= 0.6 is 11.8 Å². The molecule has 0 atom stereocenters. The summed E-state index contributed by atoms with van der Waals surface area (Å²) in [6.45, 7) is 3.74. The first-order valence-electron chi connectivity index (χ1n) is 10.4. The Morgan fingerprint density at radius 3 is 2.93 bits per heavy atom. The number of rotatable bonds is 11. The SMILES string of the molecule is CN(CCOc1cccc(CNC(=O)CSCc2ccccn2)c1)C1CCOCC1. The second kappa shape index (κ2) is 12.6. The summed E-state index contributed by atoms with van der Waals surface area (Å²) in [4.78, 5) is 18.7. The molecule has 1 saturated heterocycles. The lowest BCUT2D eigenvalue weighted by Crippen LogP contribution is -2.38. The first-order valence-corrected chi connectivity index (χ1v) is 11.6. The smallest absolute Gasteiger partial charge is 0.230 e. The summed E-state index contributed by atoms with van der Waals surface area (Å²) >= 11 is 1.57. The van der Waals surface area contributed by atoms with Crippen molar-refractivity contribution < 1.29 is 14.3 Å². The van der Waals surface area contributed by atoms with Crippen molar-refractivity contribution >= 4 is 17.7 Å². The van der Waals surface area contributed by atoms with Gasteiger partial charge in [-0.3, -0.25) is 14.7 Å². The van der Waals surface area contributed by atoms with Crippen LogP contribution in [0.1, 0.15) is 24.1 Å². The predicted molar refractivity (Wildman–Crippen MR) is 121 cm³/mol. The monoisotopic (exact) mass is 429 g/mol. The van der Waals surface area contributed by atoms with Crippen molar-refractivity contribution in [2.75, 3.05) is 39.2 Å². The minimum atomic E-state index is 0.0281. The van der Waals surface area contributed by atoms with E-state index in [1.807, 2.05) is 42.5 Å². The molecule has 1 amide bonds. The van der Waals surface area contributed by atoms with Crippen LogP contribution in [0.25, 0.3) is 0 Å². The lowest BCUT2D eigenvalue weighted by atomic mass is 10.1. The van der Waals surface area contributed by atoms with Crippen LogP contribution in [0.2, 0.25) is 0 Å². The van der Waals surface area contributed by atoms with Crippen molar-refractivity contribution in [1.82, 2.24) is 15.2 Å². The number of thioether (sulfide) groups is 1. The van der Waals surface area contributed by atoms with Crippen LogP contribution in [-0.2, 0) is 21.8 Å². The largest absolute Gasteiger partial charge is 0.492 e. The molecule has 0 radical (unpaired) electrons. The van der Waals surface area contributed by atoms with E-state index in [-0.39, 0.29) is 5.91 Å². The van der Waals surface area contributed by atoms with Crippen molar-refractivity contribution in [2.45, 2.75) is 31.2 Å². The van der Waals surface area contributed by atoms with E-state index in [0.29, 0.717) is 24.9 Å². The molecule has 6 nitrogen and oxygen atoms in total. The van der Waals surface area contributed by atoms with Crippen molar-refractivity contribution in [1.29, 1.82) is 0 Å². The van der Waals surface area contributed by atoms with Crippen molar-refractivity contribution in [3.05, 3.63) is 59.9 Å². The lowest BCUT2D eigenvalue weighted by Gasteiger charge is -2.31. The molecule has 0 unspecified atom stereocenters. The maximum absolute atomic E-state index is 12.1. The van der Waals surface area contributed by atoms with E-state index < -0.39 is 0 Å². The Hall–Kier alpha value is -2.09. The van der Waals surface area contributed by atoms with Gasteiger partial charge in [-0.2, -0.15) is 0 Å². The Morgan fingerprint density at radius 1 is 1.27 bits per heavy atom. The molecule has 1 aromatic carbocycles. The zero-order valence-corrected chi connectivity index (χ0v) is 18.4. The second-order valence-electron chi connectivity index (χ2n) is 7.41. The molecule has 162 valence electrons. The molecule has 1 aromatic heterocycles. The highest BCUT2D eigenvalue weighted by molar-refractivity contribution is 7.99. The molecule has 0 aliphatic carbocycles. The van der Waals surface area contributed by atoms with E-state index in [9.17, 15) is 4.79 Å². The van der Waals surface area contributed by atoms with Crippen LogP contribution in [0, 0.1) is 0 Å². The molecule has 0 spiro atoms. The van der Waals surface area contributed by atoms with Gasteiger partial charge in [0.1, 0.15) is 12.4 Å². The number of ether oxygens (including phenoxy) is 2. The van der Waals surface area contributed by atoms with Gasteiger partial charge in [-0.15, -0.1) is 11.8 Å². The Labute approximate surface area is 183 Å². The standard InChI is InChI=1S/C23H31N3O3S/c1-26(21-8-12-28-13-9-21)11-14-29-22-7-4-5-19(15-22)16-25-23(27)18-30-17-20-6-2-3-10-24-20/h2-7,10,15,21H,8-9,11-14,16-18H2,1H3,(H,25,27). The van der Waals surface area contributed by atoms with Gasteiger partial charge in [-0.05, 0) is 49.7 Å². The van der Waals surface area contributed by atoms with Gasteiger partial charge in [0, 0.05) is 44.3 Å². The molecule has 0 bridgehead atoms. The van der Waals surface area contributed by atoms with E-state index in [0.717, 1.165) is 55.4 Å². The average Bonchev–Trinajstić information content (AvgIpc) is 2.79. The third-order valence-electron chi connectivity index (χ3n) is 5.12. The third-order valence-corrected chi connectivity index (χ3v) is 6.09. The summed E-state index contributed by atoms with van der Waals surface area (Å²) in [7, 11) is 2.15. The molecule has 3 rings (SSSR count). The summed E-state index contributed by atoms with van der Waals surface area (Å²) < 4.78 is 11.4. The maximum atomic E-state index is 12.1. The van der Waals surface area contributed by atoms with Crippen LogP contribution in [0.5, 0.6) is 5.75 Å². The number of carbonyl (C=O) groups is 1. The van der Waals surface area contributed by atoms with Crippen LogP contribution in [0.15, 0.2) is 48.7 Å². The van der Waals surface area contributed by atoms with Gasteiger partial charge in [-0.1, -0.05) is 18.2 Å². The normalized spacial score (nSPS) is 14.6. The molecule has 7 heteroatoms. The minimum Gasteiger partial charge on any atom is -0.492 e. The van der Waals surface area contributed by atoms with E-state index >= 15 is 0 Å². The lowest BCUT2D eigenvalue weighted by molar-refractivity contribution is -0.118. The van der Waals surface area contributed by atoms with Gasteiger partial charge < -0.3 is 14.8 Å². The van der Waals surface area contributed by atoms with Crippen LogP contribution in [0.3, 0.4) is 0 Å². The summed E-state index contributed by atoms with van der Waals surface area (Å²) in [5, 5.41) is 2.97. The second-order valence-corrected chi connectivity index (χ2v) is 8.40. The fraction of sp³-hybridized carbons (Fsp3) is 0.478. The number of nitrogens with zero attached hydrogens (tertiary/aromatic N) is 2. The average molecular weight is 430 g/mol. The maximum Gasteiger partial charge on any atom is 0.230 e. The van der Waals surface area contributed by atoms with Gasteiger partial charge in [0.2, 0.25) is 5.91 Å². The molecule has 2 heterocycles. The zero-order chi connectivity index (χ0) is 21.0. The van der Waals surface area contributed by atoms with Crippen LogP contribution < -0.4 is 10.1 Å². The van der Waals surface area contributed by atoms with E-state index in [2.05, 4.69) is 22.2 Å². The zero-order valence-electron chi connectivity index (χ0n) is 17.6. The fourth-order valence-electron chi connectivity index (χ4n) is 3.34. The van der Waals surface area contributed by atoms with Gasteiger partial charge in [0.25, 0.3) is 0 Å². The Balaban J connectivity index is 1.33. The highest BCUT2D eigenvalue weighted by Gasteiger charge is 2.17. The van der Waals surface area contributed by atoms with Crippen molar-refractivity contribution in [3.8, 4) is 5.75 Å². The number of carbonyl (C=O) groups excluding carboxylic acids is 1. The van der Waals surface area contributed by atoms with E-state index in [1.165, 1.54) is 0 Å². The molecule has 1 N–H and O–H groups in total. The van der Waals surface area contributed by atoms with Crippen LogP contribution in [-0.4, -0.2) is 61.0 Å². The predicted octanol–water partition coefficient (Wildman–Crippen LogP) is 3.12. The van der Waals surface area contributed by atoms with Gasteiger partial charge in [0.15, 0.2) is 0 Å². The molecule has 0 saturated carbocycles. The van der Waals surface area contributed by atoms with Crippen LogP contribution in [0.4, 0.5) is 0 Å². The highest BCUT2D eigenvalue weighted by Crippen LogP contribution is 2.15. The summed E-state index contributed by atoms with van der Waals surface area (Å²) in [6.07, 6.45) is 3.95. The number of nitrogens with one attached hydrogen (secondary N) is 1. The molecule has 30 heavy (non-hydrogen) atoms. The quantitative estimate of drug-likeness (QED) is 0.592. The first kappa shape index (κ1) is 22.6. The number of aromatic nitrogens is 1. The number of pyridine rings is 1. The summed E-state index contributed by atoms with van der Waals surface area (Å²) in [5.74, 6) is 2.03. The number of benzene rings is 1. The summed E-state index contributed by atoms with van der Waals surface area (Å²) in [6, 6.07) is 14.3. The fourth-order valence-corrected chi connectivity index (χ4v) is 4.11. The highest BCUT2D eigenvalue weighted by atomic mass is 32.2. The Morgan fingerprint density at radius 2 is 2.13 bits per heavy atom.